The highest BCUT2D eigenvalue weighted by atomic mass is 16.4. The molecule has 0 fully saturated rings. The third-order valence-electron chi connectivity index (χ3n) is 4.64. The Labute approximate surface area is 152 Å². The van der Waals surface area contributed by atoms with Crippen LogP contribution in [0.4, 0.5) is 0 Å². The predicted octanol–water partition coefficient (Wildman–Crippen LogP) is 4.93. The summed E-state index contributed by atoms with van der Waals surface area (Å²) in [6, 6.07) is 0. The van der Waals surface area contributed by atoms with Crippen molar-refractivity contribution in [3.05, 3.63) is 0 Å². The van der Waals surface area contributed by atoms with Gasteiger partial charge >= 0.3 is 0 Å². The Kier molecular flexibility index (Phi) is 20.1. The minimum Gasteiger partial charge on any atom is -0.550 e. The number of carboxylic acids is 1. The van der Waals surface area contributed by atoms with Gasteiger partial charge in [-0.15, -0.1) is 0 Å². The van der Waals surface area contributed by atoms with Gasteiger partial charge in [0, 0.05) is 5.97 Å². The Balaban J connectivity index is 0. The second kappa shape index (κ2) is 18.8. The first-order valence-electron chi connectivity index (χ1n) is 10.5. The highest BCUT2D eigenvalue weighted by molar-refractivity contribution is 5.63. The maximum absolute atomic E-state index is 9.92. The van der Waals surface area contributed by atoms with Crippen molar-refractivity contribution in [2.75, 3.05) is 26.7 Å². The molecule has 0 saturated heterocycles. The summed E-state index contributed by atoms with van der Waals surface area (Å²) in [7, 11) is 2.45. The zero-order chi connectivity index (χ0) is 18.7. The minimum atomic E-state index is -0.920. The van der Waals surface area contributed by atoms with E-state index in [1.54, 1.807) is 0 Å². The number of aliphatic carboxylic acids is 1. The molecule has 146 valence electrons. The molecule has 0 rings (SSSR count). The van der Waals surface area contributed by atoms with E-state index < -0.39 is 5.97 Å². The van der Waals surface area contributed by atoms with Crippen molar-refractivity contribution < 1.29 is 14.4 Å². The third kappa shape index (κ3) is 19.5. The predicted molar refractivity (Wildman–Crippen MR) is 104 cm³/mol. The van der Waals surface area contributed by atoms with Crippen LogP contribution in [0.1, 0.15) is 105 Å². The molecule has 3 heteroatoms. The molecule has 0 N–H and O–H groups in total. The van der Waals surface area contributed by atoms with Crippen LogP contribution in [0, 0.1) is 0 Å². The summed E-state index contributed by atoms with van der Waals surface area (Å²) in [5.41, 5.74) is 0. The molecule has 0 amide bonds. The van der Waals surface area contributed by atoms with Crippen molar-refractivity contribution in [2.24, 2.45) is 0 Å². The Bertz CT molecular complexity index is 245. The number of unbranched alkanes of at least 4 members (excludes halogenated alkanes) is 7. The molecule has 24 heavy (non-hydrogen) atoms. The molecule has 3 nitrogen and oxygen atoms in total. The smallest absolute Gasteiger partial charge is 0.0784 e. The van der Waals surface area contributed by atoms with Gasteiger partial charge in [0.05, 0.1) is 26.7 Å². The van der Waals surface area contributed by atoms with Gasteiger partial charge in [-0.2, -0.15) is 0 Å². The van der Waals surface area contributed by atoms with Crippen LogP contribution in [0.3, 0.4) is 0 Å². The number of carbonyl (C=O) groups is 1. The topological polar surface area (TPSA) is 40.1 Å². The number of rotatable bonds is 15. The lowest BCUT2D eigenvalue weighted by Crippen LogP contribution is -2.46. The zero-order valence-corrected chi connectivity index (χ0v) is 17.4. The molecule has 0 aliphatic carbocycles. The molecule has 0 saturated carbocycles. The van der Waals surface area contributed by atoms with Gasteiger partial charge < -0.3 is 14.4 Å². The summed E-state index contributed by atoms with van der Waals surface area (Å²) in [6.07, 6.45) is 13.8. The highest BCUT2D eigenvalue weighted by Crippen LogP contribution is 2.10. The molecule has 0 aliphatic heterocycles. The molecule has 0 aromatic rings. The fraction of sp³-hybridized carbons (Fsp3) is 0.952. The highest BCUT2D eigenvalue weighted by Gasteiger charge is 2.18. The van der Waals surface area contributed by atoms with Crippen molar-refractivity contribution in [1.82, 2.24) is 0 Å². The largest absolute Gasteiger partial charge is 0.550 e. The van der Waals surface area contributed by atoms with E-state index in [9.17, 15) is 9.90 Å². The first kappa shape index (κ1) is 25.7. The number of nitrogens with zero attached hydrogens (tertiary/aromatic N) is 1. The standard InChI is InChI=1S/C13H30N.C8H16O2/c1-5-8-11-14(4,12-9-6-2)13-10-7-3;1-2-3-4-5-6-7-8(9)10/h5-13H2,1-4H3;2-7H2,1H3,(H,9,10)/q+1;/p-1. The monoisotopic (exact) mass is 343 g/mol. The van der Waals surface area contributed by atoms with E-state index in [0.717, 1.165) is 19.3 Å². The van der Waals surface area contributed by atoms with Crippen molar-refractivity contribution in [3.8, 4) is 0 Å². The number of hydrogen-bond donors (Lipinski definition) is 0. The molecular formula is C21H45NO2. The van der Waals surface area contributed by atoms with Gasteiger partial charge in [0.15, 0.2) is 0 Å². The molecule has 0 heterocycles. The van der Waals surface area contributed by atoms with Gasteiger partial charge in [-0.05, 0) is 32.1 Å². The van der Waals surface area contributed by atoms with Gasteiger partial charge in [-0.1, -0.05) is 72.6 Å². The number of hydrogen-bond acceptors (Lipinski definition) is 2. The van der Waals surface area contributed by atoms with Crippen molar-refractivity contribution in [3.63, 3.8) is 0 Å². The maximum atomic E-state index is 9.92. The summed E-state index contributed by atoms with van der Waals surface area (Å²) >= 11 is 0. The van der Waals surface area contributed by atoms with Crippen LogP contribution in [0.2, 0.25) is 0 Å². The fourth-order valence-corrected chi connectivity index (χ4v) is 2.83. The molecule has 0 aromatic carbocycles. The second-order valence-corrected chi connectivity index (χ2v) is 7.39. The zero-order valence-electron chi connectivity index (χ0n) is 17.4. The van der Waals surface area contributed by atoms with Gasteiger partial charge in [-0.3, -0.25) is 0 Å². The SMILES string of the molecule is CCCCCCCC(=O)[O-].CCCC[N+](C)(CCCC)CCCC. The summed E-state index contributed by atoms with van der Waals surface area (Å²) in [4.78, 5) is 9.92. The third-order valence-corrected chi connectivity index (χ3v) is 4.64. The average molecular weight is 344 g/mol. The van der Waals surface area contributed by atoms with Crippen LogP contribution in [0.25, 0.3) is 0 Å². The Morgan fingerprint density at radius 3 is 1.38 bits per heavy atom. The van der Waals surface area contributed by atoms with Crippen LogP contribution in [0.15, 0.2) is 0 Å². The molecule has 0 aromatic heterocycles. The lowest BCUT2D eigenvalue weighted by Gasteiger charge is -2.34. The Morgan fingerprint density at radius 1 is 0.667 bits per heavy atom. The van der Waals surface area contributed by atoms with Crippen LogP contribution in [0.5, 0.6) is 0 Å². The molecule has 0 unspecified atom stereocenters. The minimum absolute atomic E-state index is 0.226. The van der Waals surface area contributed by atoms with Crippen LogP contribution >= 0.6 is 0 Å². The number of carboxylic acid groups (broad SMARTS) is 1. The van der Waals surface area contributed by atoms with E-state index in [2.05, 4.69) is 34.7 Å². The van der Waals surface area contributed by atoms with Gasteiger partial charge in [-0.25, -0.2) is 0 Å². The number of carbonyl (C=O) groups excluding carboxylic acids is 1. The van der Waals surface area contributed by atoms with Crippen LogP contribution in [-0.4, -0.2) is 37.1 Å². The van der Waals surface area contributed by atoms with Crippen molar-refractivity contribution in [2.45, 2.75) is 105 Å². The van der Waals surface area contributed by atoms with Gasteiger partial charge in [0.2, 0.25) is 0 Å². The Morgan fingerprint density at radius 2 is 1.04 bits per heavy atom. The lowest BCUT2D eigenvalue weighted by molar-refractivity contribution is -0.910. The fourth-order valence-electron chi connectivity index (χ4n) is 2.83. The first-order chi connectivity index (χ1) is 11.5. The van der Waals surface area contributed by atoms with Crippen molar-refractivity contribution >= 4 is 5.97 Å². The number of quaternary nitrogens is 1. The average Bonchev–Trinajstić information content (AvgIpc) is 2.57. The molecule has 0 atom stereocenters. The summed E-state index contributed by atoms with van der Waals surface area (Å²) < 4.78 is 1.32. The summed E-state index contributed by atoms with van der Waals surface area (Å²) in [5, 5.41) is 9.92. The molecule has 0 spiro atoms. The van der Waals surface area contributed by atoms with Crippen LogP contribution in [-0.2, 0) is 4.79 Å². The first-order valence-corrected chi connectivity index (χ1v) is 10.5. The molecule has 0 bridgehead atoms. The maximum Gasteiger partial charge on any atom is 0.0784 e. The molecule has 0 aliphatic rings. The molecular weight excluding hydrogens is 298 g/mol. The van der Waals surface area contributed by atoms with E-state index in [1.807, 2.05) is 0 Å². The quantitative estimate of drug-likeness (QED) is 0.312. The summed E-state index contributed by atoms with van der Waals surface area (Å²) in [6.45, 7) is 13.2. The van der Waals surface area contributed by atoms with Crippen molar-refractivity contribution in [1.29, 1.82) is 0 Å². The van der Waals surface area contributed by atoms with Gasteiger partial charge in [0.1, 0.15) is 0 Å². The normalized spacial score (nSPS) is 11.0. The van der Waals surface area contributed by atoms with E-state index in [-0.39, 0.29) is 6.42 Å². The van der Waals surface area contributed by atoms with E-state index in [1.165, 1.54) is 75.5 Å². The second-order valence-electron chi connectivity index (χ2n) is 7.39. The van der Waals surface area contributed by atoms with Crippen LogP contribution < -0.4 is 5.11 Å². The lowest BCUT2D eigenvalue weighted by atomic mass is 10.1. The molecule has 0 radical (unpaired) electrons. The Hall–Kier alpha value is -0.570. The summed E-state index contributed by atoms with van der Waals surface area (Å²) in [5.74, 6) is -0.920. The van der Waals surface area contributed by atoms with E-state index in [4.69, 9.17) is 0 Å². The van der Waals surface area contributed by atoms with Gasteiger partial charge in [0.25, 0.3) is 0 Å². The van der Waals surface area contributed by atoms with E-state index in [0.29, 0.717) is 0 Å². The van der Waals surface area contributed by atoms with E-state index >= 15 is 0 Å².